The highest BCUT2D eigenvalue weighted by Gasteiger charge is 2.08. The zero-order valence-corrected chi connectivity index (χ0v) is 12.5. The molecular formula is C13H11IN2S. The van der Waals surface area contributed by atoms with E-state index in [1.54, 1.807) is 11.3 Å². The minimum atomic E-state index is 0.962. The molecule has 0 saturated heterocycles. The van der Waals surface area contributed by atoms with E-state index < -0.39 is 0 Å². The van der Waals surface area contributed by atoms with Gasteiger partial charge in [-0.1, -0.05) is 0 Å². The number of hydrogen-bond acceptors (Lipinski definition) is 2. The number of halogens is 1. The van der Waals surface area contributed by atoms with Crippen LogP contribution in [0.4, 0.5) is 0 Å². The fourth-order valence-electron chi connectivity index (χ4n) is 1.84. The van der Waals surface area contributed by atoms with Crippen LogP contribution in [0.3, 0.4) is 0 Å². The first-order valence-electron chi connectivity index (χ1n) is 5.35. The Morgan fingerprint density at radius 1 is 1.18 bits per heavy atom. The number of aromatic amines is 1. The van der Waals surface area contributed by atoms with Crippen LogP contribution >= 0.6 is 33.9 Å². The largest absolute Gasteiger partial charge is 0.338 e. The fraction of sp³-hybridized carbons (Fsp3) is 0.154. The Kier molecular flexibility index (Phi) is 2.71. The van der Waals surface area contributed by atoms with E-state index in [0.29, 0.717) is 0 Å². The predicted molar refractivity (Wildman–Crippen MR) is 81.6 cm³/mol. The summed E-state index contributed by atoms with van der Waals surface area (Å²) in [4.78, 5) is 8.03. The van der Waals surface area contributed by atoms with Gasteiger partial charge in [0.2, 0.25) is 0 Å². The molecule has 0 bridgehead atoms. The molecule has 0 aliphatic heterocycles. The lowest BCUT2D eigenvalue weighted by molar-refractivity contribution is 1.34. The van der Waals surface area contributed by atoms with Crippen LogP contribution in [0.2, 0.25) is 0 Å². The molecule has 4 heteroatoms. The molecule has 0 unspecified atom stereocenters. The maximum atomic E-state index is 4.65. The van der Waals surface area contributed by atoms with E-state index in [1.807, 2.05) is 0 Å². The number of hydrogen-bond donors (Lipinski definition) is 1. The van der Waals surface area contributed by atoms with Gasteiger partial charge in [0, 0.05) is 10.9 Å². The van der Waals surface area contributed by atoms with Gasteiger partial charge in [0.05, 0.1) is 13.9 Å². The Bertz CT molecular complexity index is 658. The molecule has 0 aliphatic rings. The number of nitrogens with zero attached hydrogens (tertiary/aromatic N) is 1. The molecule has 0 spiro atoms. The summed E-state index contributed by atoms with van der Waals surface area (Å²) < 4.78 is 1.28. The van der Waals surface area contributed by atoms with Gasteiger partial charge in [0.1, 0.15) is 5.82 Å². The summed E-state index contributed by atoms with van der Waals surface area (Å²) in [7, 11) is 0. The highest BCUT2D eigenvalue weighted by Crippen LogP contribution is 2.27. The first-order valence-corrected chi connectivity index (χ1v) is 7.31. The van der Waals surface area contributed by atoms with Crippen LogP contribution < -0.4 is 0 Å². The molecule has 0 radical (unpaired) electrons. The zero-order chi connectivity index (χ0) is 12.0. The molecule has 0 fully saturated rings. The normalized spacial score (nSPS) is 11.2. The molecule has 2 aromatic heterocycles. The van der Waals surface area contributed by atoms with Crippen molar-refractivity contribution in [1.29, 1.82) is 0 Å². The fourth-order valence-corrected chi connectivity index (χ4v) is 3.17. The first-order chi connectivity index (χ1) is 8.13. The topological polar surface area (TPSA) is 28.7 Å². The second-order valence-corrected chi connectivity index (χ2v) is 6.98. The number of benzene rings is 1. The minimum Gasteiger partial charge on any atom is -0.338 e. The lowest BCUT2D eigenvalue weighted by Gasteiger charge is -1.97. The van der Waals surface area contributed by atoms with Gasteiger partial charge in [-0.05, 0) is 65.8 Å². The molecule has 86 valence electrons. The zero-order valence-electron chi connectivity index (χ0n) is 9.54. The van der Waals surface area contributed by atoms with Crippen LogP contribution in [0.5, 0.6) is 0 Å². The van der Waals surface area contributed by atoms with Crippen molar-refractivity contribution in [2.45, 2.75) is 13.8 Å². The summed E-state index contributed by atoms with van der Waals surface area (Å²) in [5.41, 5.74) is 5.92. The molecule has 3 rings (SSSR count). The molecule has 1 N–H and O–H groups in total. The second kappa shape index (κ2) is 4.10. The molecular weight excluding hydrogens is 343 g/mol. The average molecular weight is 354 g/mol. The van der Waals surface area contributed by atoms with Crippen molar-refractivity contribution >= 4 is 45.0 Å². The molecule has 1 aromatic carbocycles. The highest BCUT2D eigenvalue weighted by atomic mass is 127. The van der Waals surface area contributed by atoms with Gasteiger partial charge < -0.3 is 4.98 Å². The molecule has 17 heavy (non-hydrogen) atoms. The van der Waals surface area contributed by atoms with Crippen LogP contribution in [-0.2, 0) is 0 Å². The van der Waals surface area contributed by atoms with Gasteiger partial charge >= 0.3 is 0 Å². The second-order valence-electron chi connectivity index (χ2n) is 4.18. The van der Waals surface area contributed by atoms with Crippen molar-refractivity contribution < 1.29 is 0 Å². The van der Waals surface area contributed by atoms with Gasteiger partial charge in [-0.3, -0.25) is 0 Å². The third kappa shape index (κ3) is 1.99. The van der Waals surface area contributed by atoms with Crippen molar-refractivity contribution in [3.8, 4) is 11.4 Å². The number of aryl methyl sites for hydroxylation is 2. The first kappa shape index (κ1) is 11.2. The molecule has 3 aromatic rings. The quantitative estimate of drug-likeness (QED) is 0.640. The van der Waals surface area contributed by atoms with Crippen LogP contribution in [0.25, 0.3) is 22.4 Å². The molecule has 0 saturated carbocycles. The SMILES string of the molecule is Cc1cc2nc(-c3csc(I)c3)[nH]c2cc1C. The standard InChI is InChI=1S/C13H11IN2S/c1-7-3-10-11(4-8(7)2)16-13(15-10)9-5-12(14)17-6-9/h3-6H,1-2H3,(H,15,16). The Hall–Kier alpha value is -0.880. The Labute approximate surface area is 117 Å². The Morgan fingerprint density at radius 3 is 2.65 bits per heavy atom. The maximum absolute atomic E-state index is 4.65. The van der Waals surface area contributed by atoms with Gasteiger partial charge in [-0.2, -0.15) is 0 Å². The number of H-pyrrole nitrogens is 1. The molecule has 0 amide bonds. The molecule has 2 nitrogen and oxygen atoms in total. The number of imidazole rings is 1. The van der Waals surface area contributed by atoms with Crippen LogP contribution in [0.15, 0.2) is 23.6 Å². The van der Waals surface area contributed by atoms with Crippen molar-refractivity contribution in [3.63, 3.8) is 0 Å². The maximum Gasteiger partial charge on any atom is 0.139 e. The number of fused-ring (bicyclic) bond motifs is 1. The third-order valence-corrected chi connectivity index (χ3v) is 4.73. The van der Waals surface area contributed by atoms with E-state index in [1.165, 1.54) is 19.6 Å². The van der Waals surface area contributed by atoms with Crippen molar-refractivity contribution in [2.24, 2.45) is 0 Å². The molecule has 0 atom stereocenters. The molecule has 2 heterocycles. The van der Waals surface area contributed by atoms with Crippen LogP contribution in [-0.4, -0.2) is 9.97 Å². The van der Waals surface area contributed by atoms with Crippen molar-refractivity contribution in [2.75, 3.05) is 0 Å². The van der Waals surface area contributed by atoms with Crippen LogP contribution in [0.1, 0.15) is 11.1 Å². The van der Waals surface area contributed by atoms with E-state index in [2.05, 4.69) is 70.0 Å². The van der Waals surface area contributed by atoms with Crippen molar-refractivity contribution in [1.82, 2.24) is 9.97 Å². The summed E-state index contributed by atoms with van der Waals surface area (Å²) in [5.74, 6) is 0.962. The van der Waals surface area contributed by atoms with Gasteiger partial charge in [0.25, 0.3) is 0 Å². The van der Waals surface area contributed by atoms with Gasteiger partial charge in [0.15, 0.2) is 0 Å². The summed E-state index contributed by atoms with van der Waals surface area (Å²) in [5, 5.41) is 2.14. The minimum absolute atomic E-state index is 0.962. The summed E-state index contributed by atoms with van der Waals surface area (Å²) >= 11 is 4.08. The van der Waals surface area contributed by atoms with Gasteiger partial charge in [-0.25, -0.2) is 4.98 Å². The summed E-state index contributed by atoms with van der Waals surface area (Å²) in [6.07, 6.45) is 0. The lowest BCUT2D eigenvalue weighted by Crippen LogP contribution is -1.79. The number of rotatable bonds is 1. The summed E-state index contributed by atoms with van der Waals surface area (Å²) in [6.45, 7) is 4.25. The van der Waals surface area contributed by atoms with E-state index >= 15 is 0 Å². The predicted octanol–water partition coefficient (Wildman–Crippen LogP) is 4.51. The van der Waals surface area contributed by atoms with Crippen LogP contribution in [0, 0.1) is 16.7 Å². The van der Waals surface area contributed by atoms with E-state index in [4.69, 9.17) is 0 Å². The van der Waals surface area contributed by atoms with E-state index in [0.717, 1.165) is 16.9 Å². The van der Waals surface area contributed by atoms with E-state index in [9.17, 15) is 0 Å². The van der Waals surface area contributed by atoms with Gasteiger partial charge in [-0.15, -0.1) is 11.3 Å². The monoisotopic (exact) mass is 354 g/mol. The van der Waals surface area contributed by atoms with Crippen molar-refractivity contribution in [3.05, 3.63) is 37.6 Å². The Balaban J connectivity index is 2.19. The Morgan fingerprint density at radius 2 is 1.94 bits per heavy atom. The number of thiophene rings is 1. The third-order valence-electron chi connectivity index (χ3n) is 2.94. The summed E-state index contributed by atoms with van der Waals surface area (Å²) in [6, 6.07) is 6.46. The number of aromatic nitrogens is 2. The molecule has 0 aliphatic carbocycles. The highest BCUT2D eigenvalue weighted by molar-refractivity contribution is 14.1. The smallest absolute Gasteiger partial charge is 0.139 e. The average Bonchev–Trinajstić information content (AvgIpc) is 2.85. The van der Waals surface area contributed by atoms with E-state index in [-0.39, 0.29) is 0 Å². The number of nitrogens with one attached hydrogen (secondary N) is 1. The lowest BCUT2D eigenvalue weighted by atomic mass is 10.1.